The average Bonchev–Trinajstić information content (AvgIpc) is 3.07. The Kier molecular flexibility index (Phi) is 3.79. The highest BCUT2D eigenvalue weighted by Gasteiger charge is 2.25. The van der Waals surface area contributed by atoms with Gasteiger partial charge in [0, 0.05) is 0 Å². The monoisotopic (exact) mass is 300 g/mol. The summed E-state index contributed by atoms with van der Waals surface area (Å²) in [5.74, 6) is -0.135. The van der Waals surface area contributed by atoms with Gasteiger partial charge in [0.2, 0.25) is 5.91 Å². The quantitative estimate of drug-likeness (QED) is 0.875. The first-order chi connectivity index (χ1) is 8.08. The topological polar surface area (TPSA) is 55.1 Å². The van der Waals surface area contributed by atoms with Crippen LogP contribution in [0.15, 0.2) is 22.7 Å². The fourth-order valence-electron chi connectivity index (χ4n) is 1.68. The van der Waals surface area contributed by atoms with E-state index in [1.165, 1.54) is 18.9 Å². The van der Waals surface area contributed by atoms with Crippen LogP contribution in [0.4, 0.5) is 4.39 Å². The molecule has 2 rings (SSSR count). The number of amides is 1. The molecular weight excluding hydrogens is 287 g/mol. The molecule has 1 amide bonds. The minimum Gasteiger partial charge on any atom is -0.368 e. The van der Waals surface area contributed by atoms with Gasteiger partial charge in [-0.1, -0.05) is 6.07 Å². The lowest BCUT2D eigenvalue weighted by molar-refractivity contribution is -0.120. The third kappa shape index (κ3) is 3.26. The zero-order valence-corrected chi connectivity index (χ0v) is 10.8. The lowest BCUT2D eigenvalue weighted by Crippen LogP contribution is -2.34. The minimum absolute atomic E-state index is 0.342. The van der Waals surface area contributed by atoms with Crippen molar-refractivity contribution in [2.24, 2.45) is 11.7 Å². The Morgan fingerprint density at radius 1 is 1.59 bits per heavy atom. The maximum absolute atomic E-state index is 13.1. The SMILES string of the molecule is NC(=O)C(NCC1CC1)c1ccc(F)c(Br)c1. The van der Waals surface area contributed by atoms with Gasteiger partial charge in [-0.15, -0.1) is 0 Å². The molecule has 1 aromatic rings. The third-order valence-electron chi connectivity index (χ3n) is 2.87. The molecule has 1 fully saturated rings. The highest BCUT2D eigenvalue weighted by molar-refractivity contribution is 9.10. The van der Waals surface area contributed by atoms with Crippen LogP contribution in [-0.4, -0.2) is 12.5 Å². The van der Waals surface area contributed by atoms with E-state index in [9.17, 15) is 9.18 Å². The normalized spacial score (nSPS) is 16.8. The molecule has 0 aliphatic heterocycles. The Morgan fingerprint density at radius 2 is 2.29 bits per heavy atom. The first-order valence-corrected chi connectivity index (χ1v) is 6.35. The number of rotatable bonds is 5. The molecule has 1 aliphatic carbocycles. The van der Waals surface area contributed by atoms with Gasteiger partial charge in [-0.05, 0) is 58.9 Å². The van der Waals surface area contributed by atoms with E-state index < -0.39 is 11.9 Å². The summed E-state index contributed by atoms with van der Waals surface area (Å²) in [7, 11) is 0. The summed E-state index contributed by atoms with van der Waals surface area (Å²) in [6.45, 7) is 0.780. The highest BCUT2D eigenvalue weighted by Crippen LogP contribution is 2.29. The van der Waals surface area contributed by atoms with Gasteiger partial charge in [0.25, 0.3) is 0 Å². The van der Waals surface area contributed by atoms with E-state index in [0.717, 1.165) is 6.54 Å². The Hall–Kier alpha value is -0.940. The standard InChI is InChI=1S/C12H14BrFN2O/c13-9-5-8(3-4-10(9)14)11(12(15)17)16-6-7-1-2-7/h3-5,7,11,16H,1-2,6H2,(H2,15,17). The Bertz CT molecular complexity index is 435. The van der Waals surface area contributed by atoms with Gasteiger partial charge in [-0.2, -0.15) is 0 Å². The Balaban J connectivity index is 2.12. The van der Waals surface area contributed by atoms with Crippen LogP contribution >= 0.6 is 15.9 Å². The van der Waals surface area contributed by atoms with Crippen molar-refractivity contribution in [2.45, 2.75) is 18.9 Å². The molecule has 5 heteroatoms. The van der Waals surface area contributed by atoms with Gasteiger partial charge >= 0.3 is 0 Å². The van der Waals surface area contributed by atoms with E-state index in [1.807, 2.05) is 0 Å². The van der Waals surface area contributed by atoms with Crippen molar-refractivity contribution in [1.82, 2.24) is 5.32 Å². The summed E-state index contributed by atoms with van der Waals surface area (Å²) < 4.78 is 13.4. The van der Waals surface area contributed by atoms with Crippen LogP contribution < -0.4 is 11.1 Å². The summed E-state index contributed by atoms with van der Waals surface area (Å²) in [4.78, 5) is 11.4. The van der Waals surface area contributed by atoms with Gasteiger partial charge in [0.15, 0.2) is 0 Å². The number of carbonyl (C=O) groups is 1. The maximum atomic E-state index is 13.1. The van der Waals surface area contributed by atoms with Crippen molar-refractivity contribution in [2.75, 3.05) is 6.54 Å². The second-order valence-electron chi connectivity index (χ2n) is 4.36. The number of carbonyl (C=O) groups excluding carboxylic acids is 1. The number of halogens is 2. The van der Waals surface area contributed by atoms with E-state index in [2.05, 4.69) is 21.2 Å². The molecule has 3 N–H and O–H groups in total. The lowest BCUT2D eigenvalue weighted by atomic mass is 10.1. The van der Waals surface area contributed by atoms with E-state index in [1.54, 1.807) is 12.1 Å². The molecule has 1 unspecified atom stereocenters. The van der Waals surface area contributed by atoms with Crippen LogP contribution in [0, 0.1) is 11.7 Å². The Morgan fingerprint density at radius 3 is 2.82 bits per heavy atom. The number of benzene rings is 1. The first-order valence-electron chi connectivity index (χ1n) is 5.55. The van der Waals surface area contributed by atoms with Crippen LogP contribution in [0.5, 0.6) is 0 Å². The predicted octanol–water partition coefficient (Wildman–Crippen LogP) is 2.11. The van der Waals surface area contributed by atoms with Gasteiger partial charge in [-0.3, -0.25) is 4.79 Å². The van der Waals surface area contributed by atoms with Crippen LogP contribution in [-0.2, 0) is 4.79 Å². The highest BCUT2D eigenvalue weighted by atomic mass is 79.9. The largest absolute Gasteiger partial charge is 0.368 e. The van der Waals surface area contributed by atoms with Crippen LogP contribution in [0.3, 0.4) is 0 Å². The number of primary amides is 1. The molecule has 1 atom stereocenters. The smallest absolute Gasteiger partial charge is 0.239 e. The van der Waals surface area contributed by atoms with Crippen LogP contribution in [0.2, 0.25) is 0 Å². The number of nitrogens with one attached hydrogen (secondary N) is 1. The van der Waals surface area contributed by atoms with Crippen molar-refractivity contribution in [3.05, 3.63) is 34.1 Å². The molecule has 0 bridgehead atoms. The fraction of sp³-hybridized carbons (Fsp3) is 0.417. The van der Waals surface area contributed by atoms with E-state index >= 15 is 0 Å². The summed E-state index contributed by atoms with van der Waals surface area (Å²) in [5.41, 5.74) is 6.04. The molecule has 0 aromatic heterocycles. The molecule has 1 saturated carbocycles. The average molecular weight is 301 g/mol. The first kappa shape index (κ1) is 12.5. The number of hydrogen-bond donors (Lipinski definition) is 2. The van der Waals surface area contributed by atoms with Crippen molar-refractivity contribution >= 4 is 21.8 Å². The second-order valence-corrected chi connectivity index (χ2v) is 5.21. The lowest BCUT2D eigenvalue weighted by Gasteiger charge is -2.16. The summed E-state index contributed by atoms with van der Waals surface area (Å²) in [6.07, 6.45) is 2.40. The molecule has 92 valence electrons. The Labute approximate surface area is 108 Å². The zero-order chi connectivity index (χ0) is 12.4. The van der Waals surface area contributed by atoms with Crippen molar-refractivity contribution in [1.29, 1.82) is 0 Å². The fourth-order valence-corrected chi connectivity index (χ4v) is 2.08. The van der Waals surface area contributed by atoms with Crippen molar-refractivity contribution < 1.29 is 9.18 Å². The third-order valence-corrected chi connectivity index (χ3v) is 3.48. The van der Waals surface area contributed by atoms with Crippen LogP contribution in [0.25, 0.3) is 0 Å². The zero-order valence-electron chi connectivity index (χ0n) is 9.25. The van der Waals surface area contributed by atoms with Gasteiger partial charge in [-0.25, -0.2) is 4.39 Å². The summed E-state index contributed by atoms with van der Waals surface area (Å²) in [6, 6.07) is 3.95. The summed E-state index contributed by atoms with van der Waals surface area (Å²) in [5, 5.41) is 3.13. The molecule has 1 aromatic carbocycles. The second kappa shape index (κ2) is 5.14. The van der Waals surface area contributed by atoms with E-state index in [4.69, 9.17) is 5.73 Å². The van der Waals surface area contributed by atoms with Gasteiger partial charge < -0.3 is 11.1 Å². The molecule has 0 radical (unpaired) electrons. The molecular formula is C12H14BrFN2O. The van der Waals surface area contributed by atoms with E-state index in [0.29, 0.717) is 16.0 Å². The van der Waals surface area contributed by atoms with E-state index in [-0.39, 0.29) is 5.82 Å². The molecule has 0 saturated heterocycles. The van der Waals surface area contributed by atoms with Gasteiger partial charge in [0.1, 0.15) is 11.9 Å². The van der Waals surface area contributed by atoms with Gasteiger partial charge in [0.05, 0.1) is 4.47 Å². The number of nitrogens with two attached hydrogens (primary N) is 1. The van der Waals surface area contributed by atoms with Crippen LogP contribution in [0.1, 0.15) is 24.4 Å². The molecule has 0 heterocycles. The molecule has 0 spiro atoms. The molecule has 17 heavy (non-hydrogen) atoms. The van der Waals surface area contributed by atoms with Crippen molar-refractivity contribution in [3.63, 3.8) is 0 Å². The summed E-state index contributed by atoms with van der Waals surface area (Å²) >= 11 is 3.10. The van der Waals surface area contributed by atoms with Crippen molar-refractivity contribution in [3.8, 4) is 0 Å². The maximum Gasteiger partial charge on any atom is 0.239 e. The number of hydrogen-bond acceptors (Lipinski definition) is 2. The molecule has 3 nitrogen and oxygen atoms in total. The predicted molar refractivity (Wildman–Crippen MR) is 66.8 cm³/mol. The minimum atomic E-state index is -0.549. The molecule has 1 aliphatic rings.